The number of likely N-dealkylation sites (tertiary alicyclic amines) is 1. The Labute approximate surface area is 125 Å². The summed E-state index contributed by atoms with van der Waals surface area (Å²) in [5, 5.41) is 0. The maximum absolute atomic E-state index is 6.23. The summed E-state index contributed by atoms with van der Waals surface area (Å²) in [5.74, 6) is 1.72. The Morgan fingerprint density at radius 3 is 2.75 bits per heavy atom. The molecular formula is C17H34N2O. The highest BCUT2D eigenvalue weighted by atomic mass is 16.5. The number of nitrogens with zero attached hydrogens (tertiary/aromatic N) is 1. The topological polar surface area (TPSA) is 38.5 Å². The molecule has 0 bridgehead atoms. The molecule has 2 rings (SSSR count). The first-order chi connectivity index (χ1) is 9.61. The molecule has 2 fully saturated rings. The van der Waals surface area contributed by atoms with Gasteiger partial charge in [0.25, 0.3) is 0 Å². The van der Waals surface area contributed by atoms with E-state index >= 15 is 0 Å². The highest BCUT2D eigenvalue weighted by Crippen LogP contribution is 2.35. The Kier molecular flexibility index (Phi) is 5.88. The van der Waals surface area contributed by atoms with Gasteiger partial charge in [-0.05, 0) is 63.5 Å². The predicted molar refractivity (Wildman–Crippen MR) is 84.8 cm³/mol. The van der Waals surface area contributed by atoms with E-state index in [4.69, 9.17) is 10.5 Å². The van der Waals surface area contributed by atoms with E-state index in [0.717, 1.165) is 44.2 Å². The van der Waals surface area contributed by atoms with E-state index < -0.39 is 0 Å². The van der Waals surface area contributed by atoms with Crippen molar-refractivity contribution in [2.75, 3.05) is 26.2 Å². The van der Waals surface area contributed by atoms with Crippen LogP contribution in [0.15, 0.2) is 0 Å². The van der Waals surface area contributed by atoms with Crippen molar-refractivity contribution in [2.24, 2.45) is 17.6 Å². The average molecular weight is 282 g/mol. The van der Waals surface area contributed by atoms with E-state index in [1.54, 1.807) is 0 Å². The molecule has 3 nitrogen and oxygen atoms in total. The predicted octanol–water partition coefficient (Wildman–Crippen LogP) is 3.03. The Balaban J connectivity index is 2.03. The lowest BCUT2D eigenvalue weighted by Gasteiger charge is -2.48. The minimum absolute atomic E-state index is 0.213. The Bertz CT molecular complexity index is 295. The van der Waals surface area contributed by atoms with Crippen molar-refractivity contribution in [2.45, 2.75) is 70.9 Å². The lowest BCUT2D eigenvalue weighted by molar-refractivity contribution is -0.0715. The fourth-order valence-corrected chi connectivity index (χ4v) is 4.13. The second-order valence-corrected chi connectivity index (χ2v) is 7.21. The molecule has 3 atom stereocenters. The molecule has 0 aromatic rings. The van der Waals surface area contributed by atoms with Gasteiger partial charge in [-0.2, -0.15) is 0 Å². The number of rotatable bonds is 4. The number of hydrogen-bond donors (Lipinski definition) is 1. The molecule has 2 N–H and O–H groups in total. The normalized spacial score (nSPS) is 37.0. The number of hydrogen-bond acceptors (Lipinski definition) is 3. The summed E-state index contributed by atoms with van der Waals surface area (Å²) < 4.78 is 5.88. The van der Waals surface area contributed by atoms with Gasteiger partial charge in [-0.1, -0.05) is 20.8 Å². The fourth-order valence-electron chi connectivity index (χ4n) is 4.13. The summed E-state index contributed by atoms with van der Waals surface area (Å²) in [4.78, 5) is 2.72. The van der Waals surface area contributed by atoms with Gasteiger partial charge in [-0.25, -0.2) is 0 Å². The molecule has 20 heavy (non-hydrogen) atoms. The van der Waals surface area contributed by atoms with Crippen molar-refractivity contribution >= 4 is 0 Å². The molecule has 118 valence electrons. The third-order valence-corrected chi connectivity index (χ3v) is 5.75. The zero-order valence-corrected chi connectivity index (χ0v) is 13.7. The summed E-state index contributed by atoms with van der Waals surface area (Å²) in [6, 6.07) is 0. The lowest BCUT2D eigenvalue weighted by Crippen LogP contribution is -2.58. The van der Waals surface area contributed by atoms with E-state index in [2.05, 4.69) is 25.7 Å². The van der Waals surface area contributed by atoms with Crippen LogP contribution in [-0.2, 0) is 4.74 Å². The van der Waals surface area contributed by atoms with Crippen molar-refractivity contribution < 1.29 is 4.74 Å². The molecule has 0 saturated carbocycles. The Hall–Kier alpha value is -0.120. The van der Waals surface area contributed by atoms with Gasteiger partial charge in [0.1, 0.15) is 0 Å². The minimum atomic E-state index is 0.213. The zero-order valence-electron chi connectivity index (χ0n) is 13.7. The SMILES string of the molecule is CCC1CC(CN)(N2CCCC(C(C)C)CC2)CCO1. The van der Waals surface area contributed by atoms with Crippen LogP contribution >= 0.6 is 0 Å². The van der Waals surface area contributed by atoms with Gasteiger partial charge >= 0.3 is 0 Å². The molecule has 2 aliphatic rings. The van der Waals surface area contributed by atoms with Crippen LogP contribution in [0, 0.1) is 11.8 Å². The van der Waals surface area contributed by atoms with Gasteiger partial charge in [0.15, 0.2) is 0 Å². The molecular weight excluding hydrogens is 248 g/mol. The smallest absolute Gasteiger partial charge is 0.0590 e. The molecule has 0 aliphatic carbocycles. The first-order valence-electron chi connectivity index (χ1n) is 8.68. The largest absolute Gasteiger partial charge is 0.378 e. The van der Waals surface area contributed by atoms with E-state index in [1.165, 1.54) is 32.4 Å². The van der Waals surface area contributed by atoms with Crippen molar-refractivity contribution in [1.29, 1.82) is 0 Å². The molecule has 0 amide bonds. The minimum Gasteiger partial charge on any atom is -0.378 e. The van der Waals surface area contributed by atoms with Crippen LogP contribution in [0.4, 0.5) is 0 Å². The first-order valence-corrected chi connectivity index (χ1v) is 8.68. The molecule has 0 radical (unpaired) electrons. The van der Waals surface area contributed by atoms with Crippen LogP contribution in [0.1, 0.15) is 59.3 Å². The van der Waals surface area contributed by atoms with E-state index in [-0.39, 0.29) is 5.54 Å². The maximum atomic E-state index is 6.23. The average Bonchev–Trinajstić information content (AvgIpc) is 2.73. The zero-order chi connectivity index (χ0) is 14.6. The van der Waals surface area contributed by atoms with Crippen LogP contribution < -0.4 is 5.73 Å². The van der Waals surface area contributed by atoms with Crippen LogP contribution in [0.3, 0.4) is 0 Å². The van der Waals surface area contributed by atoms with Gasteiger partial charge < -0.3 is 10.5 Å². The quantitative estimate of drug-likeness (QED) is 0.861. The highest BCUT2D eigenvalue weighted by Gasteiger charge is 2.41. The van der Waals surface area contributed by atoms with Gasteiger partial charge in [0, 0.05) is 18.7 Å². The monoisotopic (exact) mass is 282 g/mol. The molecule has 3 heteroatoms. The standard InChI is InChI=1S/C17H34N2O/c1-4-16-12-17(13-18,8-11-20-16)19-9-5-6-15(7-10-19)14(2)3/h14-16H,4-13,18H2,1-3H3. The molecule has 2 saturated heterocycles. The summed E-state index contributed by atoms with van der Waals surface area (Å²) in [6.07, 6.45) is 7.85. The maximum Gasteiger partial charge on any atom is 0.0590 e. The molecule has 0 aromatic heterocycles. The van der Waals surface area contributed by atoms with E-state index in [9.17, 15) is 0 Å². The fraction of sp³-hybridized carbons (Fsp3) is 1.00. The van der Waals surface area contributed by atoms with Crippen molar-refractivity contribution in [1.82, 2.24) is 4.90 Å². The first kappa shape index (κ1) is 16.3. The second kappa shape index (κ2) is 7.24. The molecule has 3 unspecified atom stereocenters. The number of ether oxygens (including phenoxy) is 1. The van der Waals surface area contributed by atoms with Crippen molar-refractivity contribution in [3.63, 3.8) is 0 Å². The summed E-state index contributed by atoms with van der Waals surface area (Å²) in [6.45, 7) is 11.1. The second-order valence-electron chi connectivity index (χ2n) is 7.21. The molecule has 2 heterocycles. The third-order valence-electron chi connectivity index (χ3n) is 5.75. The van der Waals surface area contributed by atoms with Crippen LogP contribution in [0.2, 0.25) is 0 Å². The number of nitrogens with two attached hydrogens (primary N) is 1. The van der Waals surface area contributed by atoms with Crippen LogP contribution in [0.5, 0.6) is 0 Å². The molecule has 0 spiro atoms. The van der Waals surface area contributed by atoms with Crippen molar-refractivity contribution in [3.8, 4) is 0 Å². The van der Waals surface area contributed by atoms with Crippen molar-refractivity contribution in [3.05, 3.63) is 0 Å². The van der Waals surface area contributed by atoms with E-state index in [0.29, 0.717) is 6.10 Å². The summed E-state index contributed by atoms with van der Waals surface area (Å²) in [5.41, 5.74) is 6.45. The van der Waals surface area contributed by atoms with Gasteiger partial charge in [-0.15, -0.1) is 0 Å². The van der Waals surface area contributed by atoms with E-state index in [1.807, 2.05) is 0 Å². The lowest BCUT2D eigenvalue weighted by atomic mass is 9.83. The van der Waals surface area contributed by atoms with Crippen LogP contribution in [0.25, 0.3) is 0 Å². The molecule has 0 aromatic carbocycles. The van der Waals surface area contributed by atoms with Crippen LogP contribution in [-0.4, -0.2) is 42.8 Å². The summed E-state index contributed by atoms with van der Waals surface area (Å²) in [7, 11) is 0. The Morgan fingerprint density at radius 1 is 1.30 bits per heavy atom. The summed E-state index contributed by atoms with van der Waals surface area (Å²) >= 11 is 0. The highest BCUT2D eigenvalue weighted by molar-refractivity contribution is 4.97. The molecule has 2 aliphatic heterocycles. The van der Waals surface area contributed by atoms with Gasteiger partial charge in [0.05, 0.1) is 6.10 Å². The third kappa shape index (κ3) is 3.55. The van der Waals surface area contributed by atoms with Gasteiger partial charge in [-0.3, -0.25) is 4.90 Å². The Morgan fingerprint density at radius 2 is 2.10 bits per heavy atom. The van der Waals surface area contributed by atoms with Gasteiger partial charge in [0.2, 0.25) is 0 Å².